The molecule has 3 aliphatic rings. The lowest BCUT2D eigenvalue weighted by atomic mass is 9.69. The maximum absolute atomic E-state index is 14.0. The zero-order valence-electron chi connectivity index (χ0n) is 24.2. The SMILES string of the molecule is C[C@H](c1ccc(C(=O)NCC2=NNN[NH2+]2)cc1)N1C(=O)C(c2ccc(C(F)(F)F)cc2)=NC12CCC(C(C)(C)C)CC2. The first kappa shape index (κ1) is 29.7. The molecule has 0 radical (unpaired) electrons. The molecule has 2 aliphatic heterocycles. The number of hydrogen-bond donors (Lipinski definition) is 4. The Labute approximate surface area is 243 Å². The van der Waals surface area contributed by atoms with Gasteiger partial charge in [-0.1, -0.05) is 50.6 Å². The predicted molar refractivity (Wildman–Crippen MR) is 152 cm³/mol. The number of carbonyl (C=O) groups excluding carboxylic acids is 2. The number of hydrazone groups is 1. The number of rotatable bonds is 6. The molecule has 2 aromatic rings. The number of quaternary nitrogens is 1. The first-order chi connectivity index (χ1) is 19.8. The second-order valence-corrected chi connectivity index (χ2v) is 12.3. The van der Waals surface area contributed by atoms with Gasteiger partial charge in [-0.25, -0.2) is 5.43 Å². The zero-order valence-corrected chi connectivity index (χ0v) is 24.2. The van der Waals surface area contributed by atoms with Gasteiger partial charge in [0.1, 0.15) is 17.9 Å². The maximum Gasteiger partial charge on any atom is 0.416 e. The van der Waals surface area contributed by atoms with E-state index in [0.29, 0.717) is 35.7 Å². The molecule has 0 unspecified atom stereocenters. The van der Waals surface area contributed by atoms with Crippen molar-refractivity contribution < 1.29 is 28.2 Å². The summed E-state index contributed by atoms with van der Waals surface area (Å²) in [5.74, 6) is 0.586. The summed E-state index contributed by atoms with van der Waals surface area (Å²) in [5, 5.41) is 6.80. The molecule has 2 heterocycles. The minimum Gasteiger partial charge on any atom is -0.341 e. The molecule has 224 valence electrons. The third-order valence-corrected chi connectivity index (χ3v) is 8.66. The molecule has 0 bridgehead atoms. The molecule has 2 amide bonds. The number of nitrogens with one attached hydrogen (secondary N) is 3. The molecular formula is C30H37F3N7O2+. The Morgan fingerprint density at radius 1 is 1.10 bits per heavy atom. The zero-order chi connectivity index (χ0) is 30.3. The first-order valence-corrected chi connectivity index (χ1v) is 14.2. The van der Waals surface area contributed by atoms with Gasteiger partial charge in [0.15, 0.2) is 0 Å². The number of carbonyl (C=O) groups is 2. The Bertz CT molecular complexity index is 1390. The van der Waals surface area contributed by atoms with Gasteiger partial charge in [0, 0.05) is 11.1 Å². The Kier molecular flexibility index (Phi) is 7.88. The number of amidine groups is 1. The van der Waals surface area contributed by atoms with Gasteiger partial charge in [-0.05, 0) is 73.8 Å². The van der Waals surface area contributed by atoms with Crippen molar-refractivity contribution in [3.8, 4) is 0 Å². The lowest BCUT2D eigenvalue weighted by Gasteiger charge is -2.46. The van der Waals surface area contributed by atoms with Gasteiger partial charge in [-0.3, -0.25) is 14.6 Å². The largest absolute Gasteiger partial charge is 0.416 e. The average Bonchev–Trinajstić information content (AvgIpc) is 3.57. The molecule has 12 heteroatoms. The number of nitrogens with two attached hydrogens (primary N) is 1. The lowest BCUT2D eigenvalue weighted by Crippen LogP contribution is -2.96. The highest BCUT2D eigenvalue weighted by molar-refractivity contribution is 6.46. The first-order valence-electron chi connectivity index (χ1n) is 14.2. The van der Waals surface area contributed by atoms with E-state index in [1.165, 1.54) is 12.1 Å². The minimum absolute atomic E-state index is 0.118. The Morgan fingerprint density at radius 2 is 1.74 bits per heavy atom. The molecule has 2 aromatic carbocycles. The van der Waals surface area contributed by atoms with E-state index in [4.69, 9.17) is 4.99 Å². The number of nitrogens with zero attached hydrogens (tertiary/aromatic N) is 3. The van der Waals surface area contributed by atoms with Crippen molar-refractivity contribution in [1.29, 1.82) is 0 Å². The van der Waals surface area contributed by atoms with Crippen molar-refractivity contribution >= 4 is 23.4 Å². The number of hydrogen-bond acceptors (Lipinski definition) is 6. The van der Waals surface area contributed by atoms with Crippen molar-refractivity contribution in [2.75, 3.05) is 6.54 Å². The van der Waals surface area contributed by atoms with Gasteiger partial charge in [-0.15, -0.1) is 5.10 Å². The molecule has 1 atom stereocenters. The van der Waals surface area contributed by atoms with E-state index in [2.05, 4.69) is 42.3 Å². The van der Waals surface area contributed by atoms with Crippen LogP contribution in [-0.2, 0) is 11.0 Å². The molecule has 0 saturated heterocycles. The standard InChI is InChI=1S/C30H36F3N7O2/c1-18(19-5-7-21(8-6-19)26(41)34-17-24-36-38-39-37-24)40-27(42)25(20-9-11-23(12-10-20)30(31,32)33)35-29(40)15-13-22(14-16-29)28(2,3)4/h5-12,18,22,38-39H,13-17H2,1-4H3,(H,34,41)(H,36,37)/p+1/t18-,22?,29?/m1/s1. The number of halogens is 3. The third kappa shape index (κ3) is 5.91. The molecule has 9 nitrogen and oxygen atoms in total. The maximum atomic E-state index is 14.0. The van der Waals surface area contributed by atoms with E-state index in [1.807, 2.05) is 24.0 Å². The molecule has 5 rings (SSSR count). The summed E-state index contributed by atoms with van der Waals surface area (Å²) in [4.78, 5) is 33.5. The van der Waals surface area contributed by atoms with Crippen molar-refractivity contribution in [1.82, 2.24) is 21.3 Å². The lowest BCUT2D eigenvalue weighted by molar-refractivity contribution is -0.603. The molecule has 42 heavy (non-hydrogen) atoms. The Hall–Kier alpha value is -3.77. The number of alkyl halides is 3. The molecule has 1 aliphatic carbocycles. The summed E-state index contributed by atoms with van der Waals surface area (Å²) in [6.45, 7) is 8.86. The molecule has 1 spiro atoms. The molecular weight excluding hydrogens is 547 g/mol. The molecule has 0 aromatic heterocycles. The van der Waals surface area contributed by atoms with Crippen LogP contribution in [0.5, 0.6) is 0 Å². The Balaban J connectivity index is 1.40. The van der Waals surface area contributed by atoms with Crippen molar-refractivity contribution in [3.63, 3.8) is 0 Å². The molecule has 5 N–H and O–H groups in total. The van der Waals surface area contributed by atoms with Gasteiger partial charge in [0.2, 0.25) is 0 Å². The predicted octanol–water partition coefficient (Wildman–Crippen LogP) is 3.66. The quantitative estimate of drug-likeness (QED) is 0.388. The van der Waals surface area contributed by atoms with E-state index in [0.717, 1.165) is 30.5 Å². The van der Waals surface area contributed by atoms with Crippen LogP contribution in [0.1, 0.15) is 86.5 Å². The second kappa shape index (κ2) is 11.1. The van der Waals surface area contributed by atoms with Crippen molar-refractivity contribution in [2.24, 2.45) is 21.4 Å². The summed E-state index contributed by atoms with van der Waals surface area (Å²) in [6, 6.07) is 11.4. The average molecular weight is 585 g/mol. The number of hydrazine groups is 1. The molecule has 1 saturated carbocycles. The highest BCUT2D eigenvalue weighted by Gasteiger charge is 2.52. The van der Waals surface area contributed by atoms with Gasteiger partial charge in [0.05, 0.1) is 11.6 Å². The van der Waals surface area contributed by atoms with Crippen LogP contribution < -0.4 is 21.8 Å². The van der Waals surface area contributed by atoms with Crippen LogP contribution in [0.3, 0.4) is 0 Å². The van der Waals surface area contributed by atoms with Crippen LogP contribution >= 0.6 is 0 Å². The highest BCUT2D eigenvalue weighted by Crippen LogP contribution is 2.49. The van der Waals surface area contributed by atoms with E-state index in [-0.39, 0.29) is 35.5 Å². The van der Waals surface area contributed by atoms with Crippen molar-refractivity contribution in [2.45, 2.75) is 71.3 Å². The van der Waals surface area contributed by atoms with Crippen molar-refractivity contribution in [3.05, 3.63) is 70.8 Å². The second-order valence-electron chi connectivity index (χ2n) is 12.3. The summed E-state index contributed by atoms with van der Waals surface area (Å²) in [5.41, 5.74) is 7.41. The smallest absolute Gasteiger partial charge is 0.341 e. The normalized spacial score (nSPS) is 23.5. The summed E-state index contributed by atoms with van der Waals surface area (Å²) >= 11 is 0. The van der Waals surface area contributed by atoms with E-state index in [1.54, 1.807) is 17.6 Å². The van der Waals surface area contributed by atoms with Crippen LogP contribution in [0.15, 0.2) is 58.6 Å². The highest BCUT2D eigenvalue weighted by atomic mass is 19.4. The van der Waals surface area contributed by atoms with E-state index < -0.39 is 17.4 Å². The Morgan fingerprint density at radius 3 is 2.29 bits per heavy atom. The number of aliphatic imine (C=N–C) groups is 1. The van der Waals surface area contributed by atoms with Gasteiger partial charge in [-0.2, -0.15) is 18.7 Å². The van der Waals surface area contributed by atoms with Gasteiger partial charge in [0.25, 0.3) is 17.6 Å². The van der Waals surface area contributed by atoms with Crippen LogP contribution in [0.4, 0.5) is 13.2 Å². The van der Waals surface area contributed by atoms with Crippen LogP contribution in [0, 0.1) is 11.3 Å². The third-order valence-electron chi connectivity index (χ3n) is 8.66. The number of benzene rings is 2. The van der Waals surface area contributed by atoms with Crippen LogP contribution in [0.25, 0.3) is 0 Å². The topological polar surface area (TPSA) is 115 Å². The number of amides is 2. The van der Waals surface area contributed by atoms with E-state index in [9.17, 15) is 22.8 Å². The van der Waals surface area contributed by atoms with E-state index >= 15 is 0 Å². The summed E-state index contributed by atoms with van der Waals surface area (Å²) in [7, 11) is 0. The van der Waals surface area contributed by atoms with Gasteiger partial charge < -0.3 is 10.2 Å². The van der Waals surface area contributed by atoms with Crippen LogP contribution in [-0.4, -0.2) is 40.5 Å². The fourth-order valence-electron chi connectivity index (χ4n) is 6.13. The fourth-order valence-corrected chi connectivity index (χ4v) is 6.13. The monoisotopic (exact) mass is 584 g/mol. The fraction of sp³-hybridized carbons (Fsp3) is 0.467. The summed E-state index contributed by atoms with van der Waals surface area (Å²) < 4.78 is 39.6. The van der Waals surface area contributed by atoms with Gasteiger partial charge >= 0.3 is 6.18 Å². The van der Waals surface area contributed by atoms with Crippen LogP contribution in [0.2, 0.25) is 0 Å². The summed E-state index contributed by atoms with van der Waals surface area (Å²) in [6.07, 6.45) is -1.36. The minimum atomic E-state index is -4.46. The molecule has 1 fully saturated rings.